The SMILES string of the molecule is CCCCCCC/C=C\C/C=C\C/C=C\CCCCCCCCCCCCCCCCCCCCCCCCC(=O)NC(COC1OC(CO)C(O)C(O)C1O)C(O)CCCCCCCCCCCCCCCCCCC. The Labute approximate surface area is 476 Å². The van der Waals surface area contributed by atoms with E-state index in [0.717, 1.165) is 51.4 Å². The lowest BCUT2D eigenvalue weighted by atomic mass is 9.99. The van der Waals surface area contributed by atoms with Crippen molar-refractivity contribution in [3.8, 4) is 0 Å². The van der Waals surface area contributed by atoms with Gasteiger partial charge in [0, 0.05) is 6.42 Å². The third kappa shape index (κ3) is 46.7. The second-order valence-electron chi connectivity index (χ2n) is 23.6. The first-order chi connectivity index (χ1) is 37.8. The second-order valence-corrected chi connectivity index (χ2v) is 23.6. The lowest BCUT2D eigenvalue weighted by Gasteiger charge is -2.40. The number of amides is 1. The molecule has 9 heteroatoms. The van der Waals surface area contributed by atoms with Crippen LogP contribution in [0.2, 0.25) is 0 Å². The Morgan fingerprint density at radius 2 is 0.766 bits per heavy atom. The average molecular weight is 1090 g/mol. The molecule has 7 unspecified atom stereocenters. The third-order valence-corrected chi connectivity index (χ3v) is 16.2. The van der Waals surface area contributed by atoms with Gasteiger partial charge in [-0.3, -0.25) is 4.79 Å². The summed E-state index contributed by atoms with van der Waals surface area (Å²) < 4.78 is 11.3. The molecule has 9 nitrogen and oxygen atoms in total. The zero-order chi connectivity index (χ0) is 55.8. The van der Waals surface area contributed by atoms with Crippen molar-refractivity contribution in [2.45, 2.75) is 378 Å². The molecule has 454 valence electrons. The number of hydrogen-bond donors (Lipinski definition) is 6. The Morgan fingerprint density at radius 1 is 0.442 bits per heavy atom. The summed E-state index contributed by atoms with van der Waals surface area (Å²) in [6.07, 6.45) is 69.2. The molecule has 0 aliphatic carbocycles. The van der Waals surface area contributed by atoms with Crippen molar-refractivity contribution in [3.63, 3.8) is 0 Å². The van der Waals surface area contributed by atoms with Gasteiger partial charge in [0.15, 0.2) is 6.29 Å². The van der Waals surface area contributed by atoms with Crippen molar-refractivity contribution in [2.75, 3.05) is 13.2 Å². The highest BCUT2D eigenvalue weighted by molar-refractivity contribution is 5.76. The van der Waals surface area contributed by atoms with Gasteiger partial charge in [-0.05, 0) is 51.4 Å². The first-order valence-electron chi connectivity index (χ1n) is 33.7. The van der Waals surface area contributed by atoms with Crippen LogP contribution in [0.4, 0.5) is 0 Å². The number of aliphatic hydroxyl groups is 5. The van der Waals surface area contributed by atoms with Gasteiger partial charge in [0.05, 0.1) is 25.4 Å². The smallest absolute Gasteiger partial charge is 0.220 e. The fourth-order valence-electron chi connectivity index (χ4n) is 10.9. The molecular formula is C68H129NO8. The van der Waals surface area contributed by atoms with Crippen LogP contribution in [-0.4, -0.2) is 87.5 Å². The van der Waals surface area contributed by atoms with Crippen molar-refractivity contribution in [2.24, 2.45) is 0 Å². The molecule has 1 heterocycles. The molecule has 0 saturated carbocycles. The van der Waals surface area contributed by atoms with Crippen LogP contribution in [0.5, 0.6) is 0 Å². The van der Waals surface area contributed by atoms with Gasteiger partial charge in [-0.1, -0.05) is 314 Å². The minimum Gasteiger partial charge on any atom is -0.394 e. The quantitative estimate of drug-likeness (QED) is 0.0261. The van der Waals surface area contributed by atoms with Crippen molar-refractivity contribution in [3.05, 3.63) is 36.5 Å². The van der Waals surface area contributed by atoms with E-state index in [9.17, 15) is 30.3 Å². The van der Waals surface area contributed by atoms with Crippen LogP contribution in [0, 0.1) is 0 Å². The van der Waals surface area contributed by atoms with E-state index in [1.54, 1.807) is 0 Å². The largest absolute Gasteiger partial charge is 0.394 e. The van der Waals surface area contributed by atoms with E-state index in [-0.39, 0.29) is 12.5 Å². The average Bonchev–Trinajstić information content (AvgIpc) is 3.43. The number of carbonyl (C=O) groups excluding carboxylic acids is 1. The molecular weight excluding hydrogens is 959 g/mol. The fourth-order valence-corrected chi connectivity index (χ4v) is 10.9. The summed E-state index contributed by atoms with van der Waals surface area (Å²) >= 11 is 0. The maximum Gasteiger partial charge on any atom is 0.220 e. The van der Waals surface area contributed by atoms with Crippen molar-refractivity contribution in [1.29, 1.82) is 0 Å². The normalized spacial score (nSPS) is 18.9. The molecule has 1 amide bonds. The summed E-state index contributed by atoms with van der Waals surface area (Å²) in [6.45, 7) is 3.87. The van der Waals surface area contributed by atoms with E-state index >= 15 is 0 Å². The molecule has 1 fully saturated rings. The molecule has 1 aliphatic rings. The van der Waals surface area contributed by atoms with E-state index in [4.69, 9.17) is 9.47 Å². The van der Waals surface area contributed by atoms with Crippen LogP contribution < -0.4 is 5.32 Å². The number of aliphatic hydroxyl groups excluding tert-OH is 5. The Hall–Kier alpha value is -1.59. The van der Waals surface area contributed by atoms with Gasteiger partial charge in [0.1, 0.15) is 24.4 Å². The van der Waals surface area contributed by atoms with Crippen LogP contribution in [0.1, 0.15) is 335 Å². The van der Waals surface area contributed by atoms with Crippen LogP contribution in [0.3, 0.4) is 0 Å². The summed E-state index contributed by atoms with van der Waals surface area (Å²) in [5, 5.41) is 54.8. The number of hydrogen-bond acceptors (Lipinski definition) is 8. The Kier molecular flexibility index (Phi) is 55.0. The predicted molar refractivity (Wildman–Crippen MR) is 327 cm³/mol. The summed E-state index contributed by atoms with van der Waals surface area (Å²) in [5.74, 6) is -0.138. The van der Waals surface area contributed by atoms with E-state index in [1.165, 1.54) is 257 Å². The standard InChI is InChI=1S/C68H129NO8/c1-3-5-7-9-11-13-15-17-19-21-22-23-24-25-26-27-28-29-30-31-32-33-34-35-36-37-38-39-40-42-44-46-48-50-52-54-56-58-64(72)69-61(60-76-68-67(75)66(74)65(73)63(59-70)77-68)62(71)57-55-53-51-49-47-45-43-41-20-18-16-14-12-10-8-6-4-2/h15,17,21-22,24-25,61-63,65-68,70-71,73-75H,3-14,16,18-20,23,26-60H2,1-2H3,(H,69,72)/b17-15-,22-21-,25-24-. The highest BCUT2D eigenvalue weighted by Crippen LogP contribution is 2.24. The van der Waals surface area contributed by atoms with Gasteiger partial charge < -0.3 is 40.3 Å². The minimum absolute atomic E-state index is 0.134. The highest BCUT2D eigenvalue weighted by Gasteiger charge is 2.44. The van der Waals surface area contributed by atoms with Crippen LogP contribution in [0.15, 0.2) is 36.5 Å². The van der Waals surface area contributed by atoms with Crippen LogP contribution in [-0.2, 0) is 14.3 Å². The number of nitrogens with one attached hydrogen (secondary N) is 1. The lowest BCUT2D eigenvalue weighted by molar-refractivity contribution is -0.302. The van der Waals surface area contributed by atoms with Gasteiger partial charge in [-0.2, -0.15) is 0 Å². The summed E-state index contributed by atoms with van der Waals surface area (Å²) in [7, 11) is 0. The monoisotopic (exact) mass is 1090 g/mol. The molecule has 0 bridgehead atoms. The number of unbranched alkanes of at least 4 members (excludes halogenated alkanes) is 43. The lowest BCUT2D eigenvalue weighted by Crippen LogP contribution is -2.60. The molecule has 1 saturated heterocycles. The topological polar surface area (TPSA) is 149 Å². The van der Waals surface area contributed by atoms with Gasteiger partial charge >= 0.3 is 0 Å². The highest BCUT2D eigenvalue weighted by atomic mass is 16.7. The molecule has 0 aromatic heterocycles. The zero-order valence-electron chi connectivity index (χ0n) is 50.7. The van der Waals surface area contributed by atoms with Gasteiger partial charge in [0.25, 0.3) is 0 Å². The number of allylic oxidation sites excluding steroid dienone is 6. The molecule has 7 atom stereocenters. The Morgan fingerprint density at radius 3 is 1.13 bits per heavy atom. The fraction of sp³-hybridized carbons (Fsp3) is 0.897. The van der Waals surface area contributed by atoms with Crippen LogP contribution in [0.25, 0.3) is 0 Å². The molecule has 0 spiro atoms. The summed E-state index contributed by atoms with van der Waals surface area (Å²) in [5.41, 5.74) is 0. The molecule has 77 heavy (non-hydrogen) atoms. The zero-order valence-corrected chi connectivity index (χ0v) is 50.7. The van der Waals surface area contributed by atoms with Gasteiger partial charge in [0.2, 0.25) is 5.91 Å². The third-order valence-electron chi connectivity index (χ3n) is 16.2. The Bertz CT molecular complexity index is 1310. The van der Waals surface area contributed by atoms with E-state index in [0.29, 0.717) is 12.8 Å². The number of rotatable bonds is 59. The Balaban J connectivity index is 2.06. The summed E-state index contributed by atoms with van der Waals surface area (Å²) in [4.78, 5) is 13.1. The van der Waals surface area contributed by atoms with Crippen molar-refractivity contribution < 1.29 is 39.8 Å². The van der Waals surface area contributed by atoms with E-state index < -0.39 is 49.5 Å². The molecule has 1 aliphatic heterocycles. The van der Waals surface area contributed by atoms with E-state index in [1.807, 2.05) is 0 Å². The molecule has 0 radical (unpaired) electrons. The number of ether oxygens (including phenoxy) is 2. The molecule has 6 N–H and O–H groups in total. The van der Waals surface area contributed by atoms with Crippen molar-refractivity contribution >= 4 is 5.91 Å². The van der Waals surface area contributed by atoms with Crippen LogP contribution >= 0.6 is 0 Å². The second kappa shape index (κ2) is 57.6. The summed E-state index contributed by atoms with van der Waals surface area (Å²) in [6, 6.07) is -0.717. The van der Waals surface area contributed by atoms with Crippen molar-refractivity contribution in [1.82, 2.24) is 5.32 Å². The molecule has 0 aromatic rings. The number of carbonyl (C=O) groups is 1. The van der Waals surface area contributed by atoms with Gasteiger partial charge in [-0.25, -0.2) is 0 Å². The molecule has 1 rings (SSSR count). The van der Waals surface area contributed by atoms with Gasteiger partial charge in [-0.15, -0.1) is 0 Å². The van der Waals surface area contributed by atoms with E-state index in [2.05, 4.69) is 55.6 Å². The predicted octanol–water partition coefficient (Wildman–Crippen LogP) is 17.9. The molecule has 0 aromatic carbocycles. The minimum atomic E-state index is -1.55. The maximum atomic E-state index is 13.1. The maximum absolute atomic E-state index is 13.1. The first-order valence-corrected chi connectivity index (χ1v) is 33.7. The first kappa shape index (κ1) is 73.4.